The summed E-state index contributed by atoms with van der Waals surface area (Å²) in [5.74, 6) is -0.816. The number of carbonyl (C=O) groups excluding carboxylic acids is 2. The summed E-state index contributed by atoms with van der Waals surface area (Å²) in [6.45, 7) is -0.568. The van der Waals surface area contributed by atoms with Gasteiger partial charge in [-0.15, -0.1) is 0 Å². The smallest absolute Gasteiger partial charge is 0.255 e. The van der Waals surface area contributed by atoms with E-state index in [2.05, 4.69) is 10.6 Å². The number of nitrogens with one attached hydrogen (secondary N) is 2. The highest BCUT2D eigenvalue weighted by Crippen LogP contribution is 2.34. The van der Waals surface area contributed by atoms with Crippen molar-refractivity contribution >= 4 is 55.3 Å². The maximum atomic E-state index is 13.6. The van der Waals surface area contributed by atoms with Crippen LogP contribution in [0.5, 0.6) is 0 Å². The quantitative estimate of drug-likeness (QED) is 0.154. The Morgan fingerprint density at radius 1 is 0.533 bits per heavy atom. The summed E-state index contributed by atoms with van der Waals surface area (Å²) in [6, 6.07) is 36.8. The molecule has 0 radical (unpaired) electrons. The summed E-state index contributed by atoms with van der Waals surface area (Å²) in [7, 11) is 0. The highest BCUT2D eigenvalue weighted by atomic mass is 16.3. The van der Waals surface area contributed by atoms with Gasteiger partial charge in [-0.3, -0.25) is 9.59 Å². The number of amides is 2. The van der Waals surface area contributed by atoms with Gasteiger partial charge in [0.15, 0.2) is 0 Å². The molecule has 0 unspecified atom stereocenters. The molecule has 0 aliphatic rings. The Balaban J connectivity index is 1.19. The lowest BCUT2D eigenvalue weighted by atomic mass is 10.0. The summed E-state index contributed by atoms with van der Waals surface area (Å²) in [4.78, 5) is 27.2. The van der Waals surface area contributed by atoms with Crippen LogP contribution in [-0.2, 0) is 0 Å². The Hall–Kier alpha value is -5.50. The van der Waals surface area contributed by atoms with Gasteiger partial charge in [0.05, 0.1) is 36.4 Å². The third-order valence-electron chi connectivity index (χ3n) is 8.34. The molecule has 222 valence electrons. The van der Waals surface area contributed by atoms with Crippen molar-refractivity contribution in [2.45, 2.75) is 12.1 Å². The van der Waals surface area contributed by atoms with Crippen molar-refractivity contribution < 1.29 is 24.2 Å². The Morgan fingerprint density at radius 2 is 0.956 bits per heavy atom. The van der Waals surface area contributed by atoms with E-state index in [-0.39, 0.29) is 13.2 Å². The normalized spacial score (nSPS) is 12.8. The van der Waals surface area contributed by atoms with Gasteiger partial charge in [-0.25, -0.2) is 0 Å². The van der Waals surface area contributed by atoms with Crippen LogP contribution in [-0.4, -0.2) is 35.2 Å². The first-order valence-electron chi connectivity index (χ1n) is 14.8. The first kappa shape index (κ1) is 28.3. The average molecular weight is 595 g/mol. The second-order valence-electron chi connectivity index (χ2n) is 11.1. The molecular weight excluding hydrogens is 564 g/mol. The average Bonchev–Trinajstić information content (AvgIpc) is 3.48. The van der Waals surface area contributed by atoms with Crippen molar-refractivity contribution in [2.75, 3.05) is 13.2 Å². The van der Waals surface area contributed by atoms with Crippen LogP contribution in [0.1, 0.15) is 43.9 Å². The van der Waals surface area contributed by atoms with E-state index in [9.17, 15) is 19.8 Å². The van der Waals surface area contributed by atoms with Crippen LogP contribution < -0.4 is 10.6 Å². The number of furan rings is 1. The van der Waals surface area contributed by atoms with Crippen molar-refractivity contribution in [1.82, 2.24) is 10.6 Å². The molecule has 2 amide bonds. The first-order chi connectivity index (χ1) is 22.0. The minimum atomic E-state index is -0.631. The molecule has 0 bridgehead atoms. The zero-order chi connectivity index (χ0) is 30.9. The number of hydrogen-bond donors (Lipinski definition) is 4. The molecule has 7 heteroatoms. The number of rotatable bonds is 8. The van der Waals surface area contributed by atoms with Gasteiger partial charge < -0.3 is 25.3 Å². The molecule has 1 aromatic heterocycles. The number of fused-ring (bicyclic) bond motifs is 5. The fourth-order valence-corrected chi connectivity index (χ4v) is 5.97. The summed E-state index contributed by atoms with van der Waals surface area (Å²) < 4.78 is 6.27. The highest BCUT2D eigenvalue weighted by Gasteiger charge is 2.23. The molecule has 0 spiro atoms. The van der Waals surface area contributed by atoms with Gasteiger partial charge in [-0.1, -0.05) is 97.1 Å². The summed E-state index contributed by atoms with van der Waals surface area (Å²) in [5.41, 5.74) is 2.83. The van der Waals surface area contributed by atoms with Crippen LogP contribution in [0.15, 0.2) is 126 Å². The number of hydrogen-bond acceptors (Lipinski definition) is 5. The third-order valence-corrected chi connectivity index (χ3v) is 8.34. The molecule has 0 aliphatic carbocycles. The van der Waals surface area contributed by atoms with Crippen LogP contribution in [0.4, 0.5) is 0 Å². The van der Waals surface area contributed by atoms with Gasteiger partial charge in [-0.05, 0) is 56.9 Å². The predicted molar refractivity (Wildman–Crippen MR) is 176 cm³/mol. The van der Waals surface area contributed by atoms with E-state index >= 15 is 0 Å². The number of aliphatic hydroxyl groups excluding tert-OH is 2. The standard InChI is InChI=1S/C38H30N2O5/c41-21-33(27-17-15-23-7-1-3-9-25(23)19-27)39-37(43)31-13-5-11-29-30-12-6-14-32(36(30)45-35(29)31)38(44)40-34(22-42)28-18-16-24-8-2-4-10-26(24)20-28/h1-20,33-34,41-42H,21-22H2,(H,39,43)(H,40,44)/t33-,34-/m0/s1. The van der Waals surface area contributed by atoms with Crippen molar-refractivity contribution in [3.63, 3.8) is 0 Å². The maximum Gasteiger partial charge on any atom is 0.255 e. The summed E-state index contributed by atoms with van der Waals surface area (Å²) >= 11 is 0. The number of para-hydroxylation sites is 2. The molecule has 2 atom stereocenters. The maximum absolute atomic E-state index is 13.6. The monoisotopic (exact) mass is 594 g/mol. The zero-order valence-corrected chi connectivity index (χ0v) is 24.2. The van der Waals surface area contributed by atoms with Crippen LogP contribution in [0.25, 0.3) is 43.5 Å². The molecular formula is C38H30N2O5. The van der Waals surface area contributed by atoms with E-state index in [4.69, 9.17) is 4.42 Å². The second-order valence-corrected chi connectivity index (χ2v) is 11.1. The van der Waals surface area contributed by atoms with Crippen LogP contribution >= 0.6 is 0 Å². The third kappa shape index (κ3) is 5.29. The summed E-state index contributed by atoms with van der Waals surface area (Å²) in [5, 5.41) is 31.8. The zero-order valence-electron chi connectivity index (χ0n) is 24.2. The molecule has 7 rings (SSSR count). The van der Waals surface area contributed by atoms with E-state index in [0.29, 0.717) is 33.1 Å². The van der Waals surface area contributed by atoms with Gasteiger partial charge in [0.2, 0.25) is 0 Å². The summed E-state index contributed by atoms with van der Waals surface area (Å²) in [6.07, 6.45) is 0. The molecule has 0 saturated heterocycles. The number of aliphatic hydroxyl groups is 2. The molecule has 4 N–H and O–H groups in total. The Bertz CT molecular complexity index is 2060. The molecule has 7 nitrogen and oxygen atoms in total. The van der Waals surface area contributed by atoms with Crippen molar-refractivity contribution in [1.29, 1.82) is 0 Å². The lowest BCUT2D eigenvalue weighted by molar-refractivity contribution is 0.0911. The van der Waals surface area contributed by atoms with E-state index in [1.807, 2.05) is 97.1 Å². The SMILES string of the molecule is O=C(N[C@@H](CO)c1ccc2ccccc2c1)c1cccc2c1oc1c(C(=O)N[C@@H](CO)c3ccc4ccccc4c3)cccc12. The van der Waals surface area contributed by atoms with E-state index in [1.54, 1.807) is 24.3 Å². The van der Waals surface area contributed by atoms with E-state index in [0.717, 1.165) is 32.7 Å². The van der Waals surface area contributed by atoms with Crippen LogP contribution in [0.3, 0.4) is 0 Å². The van der Waals surface area contributed by atoms with Crippen LogP contribution in [0.2, 0.25) is 0 Å². The highest BCUT2D eigenvalue weighted by molar-refractivity contribution is 6.17. The van der Waals surface area contributed by atoms with Crippen LogP contribution in [0, 0.1) is 0 Å². The molecule has 0 fully saturated rings. The van der Waals surface area contributed by atoms with Gasteiger partial charge in [0, 0.05) is 10.8 Å². The number of benzene rings is 6. The molecule has 7 aromatic rings. The van der Waals surface area contributed by atoms with E-state index in [1.165, 1.54) is 0 Å². The predicted octanol–water partition coefficient (Wildman–Crippen LogP) is 6.82. The minimum absolute atomic E-state index is 0.284. The molecule has 45 heavy (non-hydrogen) atoms. The van der Waals surface area contributed by atoms with Gasteiger partial charge in [0.25, 0.3) is 11.8 Å². The van der Waals surface area contributed by atoms with Crippen molar-refractivity contribution in [3.8, 4) is 0 Å². The second kappa shape index (κ2) is 11.9. The Morgan fingerprint density at radius 3 is 1.38 bits per heavy atom. The lowest BCUT2D eigenvalue weighted by Crippen LogP contribution is -2.31. The van der Waals surface area contributed by atoms with Crippen molar-refractivity contribution in [2.24, 2.45) is 0 Å². The molecule has 1 heterocycles. The molecule has 0 aliphatic heterocycles. The molecule has 0 saturated carbocycles. The van der Waals surface area contributed by atoms with Gasteiger partial charge in [-0.2, -0.15) is 0 Å². The number of carbonyl (C=O) groups is 2. The minimum Gasteiger partial charge on any atom is -0.454 e. The largest absolute Gasteiger partial charge is 0.454 e. The van der Waals surface area contributed by atoms with Gasteiger partial charge in [0.1, 0.15) is 11.2 Å². The molecule has 6 aromatic carbocycles. The van der Waals surface area contributed by atoms with Crippen molar-refractivity contribution in [3.05, 3.63) is 144 Å². The van der Waals surface area contributed by atoms with E-state index < -0.39 is 23.9 Å². The lowest BCUT2D eigenvalue weighted by Gasteiger charge is -2.18. The van der Waals surface area contributed by atoms with Gasteiger partial charge >= 0.3 is 0 Å². The first-order valence-corrected chi connectivity index (χ1v) is 14.8. The Kier molecular flexibility index (Phi) is 7.47. The fraction of sp³-hybridized carbons (Fsp3) is 0.105. The fourth-order valence-electron chi connectivity index (χ4n) is 5.97. The topological polar surface area (TPSA) is 112 Å². The Labute approximate surface area is 258 Å².